The minimum absolute atomic E-state index is 0.588. The molecule has 3 aromatic heterocycles. The second-order valence-corrected chi connectivity index (χ2v) is 37.7. The largest absolute Gasteiger partial charge is 0.309 e. The highest BCUT2D eigenvalue weighted by atomic mass is 28.3. The van der Waals surface area contributed by atoms with Crippen molar-refractivity contribution in [2.24, 2.45) is 0 Å². The molecule has 0 atom stereocenters. The number of rotatable bonds is 16. The van der Waals surface area contributed by atoms with Crippen LogP contribution in [0.1, 0.15) is 0 Å². The van der Waals surface area contributed by atoms with Crippen LogP contribution in [-0.4, -0.2) is 43.3 Å². The van der Waals surface area contributed by atoms with E-state index in [1.807, 2.05) is 0 Å². The van der Waals surface area contributed by atoms with Crippen LogP contribution in [0.4, 0.5) is 0 Å². The lowest BCUT2D eigenvalue weighted by Crippen LogP contribution is -2.74. The molecule has 15 aromatic carbocycles. The molecule has 0 unspecified atom stereocenters. The highest BCUT2D eigenvalue weighted by Crippen LogP contribution is 2.42. The Labute approximate surface area is 591 Å². The van der Waals surface area contributed by atoms with Gasteiger partial charge in [0.1, 0.15) is 0 Å². The van der Waals surface area contributed by atoms with Crippen LogP contribution in [0.25, 0.3) is 77.8 Å². The average molecular weight is 1340 g/mol. The Kier molecular flexibility index (Phi) is 15.6. The standard InChI is InChI=1S/C94H68N4Si3/c1-10-38-72(39-11-1)99(73-40-12-2-13-41-73,74-42-14-3-15-43-74)81-56-32-35-69(65-81)87-68-88(70-36-33-57-82(66-70)100(75-44-16-4-17-45-75,76-46-18-5-19-47-76)77-48-20-6-21-49-77)96-94(95-87)98-89-61-30-28-59-84(89)85-63-64-91-92(93(85)98)86-60-29-31-62-90(86)97(91)71-37-34-58-83(67-71)101(78-50-22-7-23-51-78,79-52-24-8-25-53-79)80-54-26-9-27-55-80/h1-68H. The lowest BCUT2D eigenvalue weighted by atomic mass is 10.1. The quantitative estimate of drug-likeness (QED) is 0.0714. The second-order valence-electron chi connectivity index (χ2n) is 26.3. The topological polar surface area (TPSA) is 35.6 Å². The third kappa shape index (κ3) is 10.1. The Morgan fingerprint density at radius 1 is 0.198 bits per heavy atom. The molecule has 0 aliphatic carbocycles. The fraction of sp³-hybridized carbons (Fsp3) is 0. The van der Waals surface area contributed by atoms with Crippen LogP contribution in [0, 0.1) is 0 Å². The van der Waals surface area contributed by atoms with Crippen molar-refractivity contribution in [3.05, 3.63) is 413 Å². The third-order valence-corrected chi connectivity index (χ3v) is 35.3. The number of hydrogen-bond acceptors (Lipinski definition) is 2. The summed E-state index contributed by atoms with van der Waals surface area (Å²) in [7, 11) is -8.93. The lowest BCUT2D eigenvalue weighted by molar-refractivity contribution is 0.998. The number of hydrogen-bond donors (Lipinski definition) is 0. The normalized spacial score (nSPS) is 12.0. The van der Waals surface area contributed by atoms with E-state index in [4.69, 9.17) is 9.97 Å². The molecule has 3 heterocycles. The van der Waals surface area contributed by atoms with Crippen LogP contribution >= 0.6 is 0 Å². The van der Waals surface area contributed by atoms with Crippen molar-refractivity contribution in [3.8, 4) is 34.2 Å². The first-order valence-corrected chi connectivity index (χ1v) is 40.8. The zero-order chi connectivity index (χ0) is 67.2. The molecule has 0 aliphatic heterocycles. The fourth-order valence-corrected chi connectivity index (χ4v) is 31.1. The number of aromatic nitrogens is 4. The van der Waals surface area contributed by atoms with Crippen molar-refractivity contribution in [2.45, 2.75) is 0 Å². The second kappa shape index (κ2) is 25.8. The molecule has 4 nitrogen and oxygen atoms in total. The van der Waals surface area contributed by atoms with Gasteiger partial charge in [-0.1, -0.05) is 376 Å². The highest BCUT2D eigenvalue weighted by Gasteiger charge is 2.44. The van der Waals surface area contributed by atoms with Crippen LogP contribution in [0.15, 0.2) is 413 Å². The summed E-state index contributed by atoms with van der Waals surface area (Å²) in [6.07, 6.45) is 0. The van der Waals surface area contributed by atoms with Crippen LogP contribution < -0.4 is 62.2 Å². The van der Waals surface area contributed by atoms with Crippen molar-refractivity contribution in [1.82, 2.24) is 19.1 Å². The van der Waals surface area contributed by atoms with E-state index < -0.39 is 24.2 Å². The van der Waals surface area contributed by atoms with Crippen LogP contribution in [0.3, 0.4) is 0 Å². The first-order valence-electron chi connectivity index (χ1n) is 34.8. The van der Waals surface area contributed by atoms with E-state index in [0.29, 0.717) is 5.95 Å². The van der Waals surface area contributed by atoms with Crippen molar-refractivity contribution >= 4 is 130 Å². The van der Waals surface area contributed by atoms with E-state index in [1.165, 1.54) is 62.2 Å². The Bertz CT molecular complexity index is 5520. The van der Waals surface area contributed by atoms with E-state index in [1.54, 1.807) is 0 Å². The van der Waals surface area contributed by atoms with Gasteiger partial charge in [-0.05, 0) is 98.6 Å². The molecule has 18 aromatic rings. The molecular weight excluding hydrogens is 1270 g/mol. The van der Waals surface area contributed by atoms with Gasteiger partial charge in [-0.2, -0.15) is 0 Å². The number of fused-ring (bicyclic) bond motifs is 7. The maximum atomic E-state index is 5.98. The van der Waals surface area contributed by atoms with Crippen molar-refractivity contribution < 1.29 is 0 Å². The molecule has 101 heavy (non-hydrogen) atoms. The summed E-state index contributed by atoms with van der Waals surface area (Å²) in [6, 6.07) is 154. The minimum Gasteiger partial charge on any atom is -0.309 e. The first kappa shape index (κ1) is 61.0. The predicted molar refractivity (Wildman–Crippen MR) is 432 cm³/mol. The fourth-order valence-electron chi connectivity index (χ4n) is 16.7. The Morgan fingerprint density at radius 3 is 0.861 bits per heavy atom. The molecular formula is C94H68N4Si3. The van der Waals surface area contributed by atoms with Gasteiger partial charge in [-0.15, -0.1) is 0 Å². The average Bonchev–Trinajstić information content (AvgIpc) is 1.70. The number of para-hydroxylation sites is 2. The minimum atomic E-state index is -3.00. The molecule has 0 bridgehead atoms. The summed E-state index contributed by atoms with van der Waals surface area (Å²) >= 11 is 0. The van der Waals surface area contributed by atoms with E-state index in [-0.39, 0.29) is 0 Å². The van der Waals surface area contributed by atoms with Crippen LogP contribution in [-0.2, 0) is 0 Å². The van der Waals surface area contributed by atoms with E-state index in [0.717, 1.165) is 71.8 Å². The van der Waals surface area contributed by atoms with Gasteiger partial charge in [-0.25, -0.2) is 9.97 Å². The number of benzene rings is 15. The van der Waals surface area contributed by atoms with Gasteiger partial charge in [0.2, 0.25) is 5.95 Å². The maximum absolute atomic E-state index is 5.98. The van der Waals surface area contributed by atoms with E-state index in [9.17, 15) is 0 Å². The number of nitrogens with zero attached hydrogens (tertiary/aromatic N) is 4. The van der Waals surface area contributed by atoms with Gasteiger partial charge in [0.05, 0.1) is 33.5 Å². The van der Waals surface area contributed by atoms with Gasteiger partial charge < -0.3 is 4.57 Å². The highest BCUT2D eigenvalue weighted by molar-refractivity contribution is 7.21. The molecule has 0 saturated carbocycles. The molecule has 0 N–H and O–H groups in total. The van der Waals surface area contributed by atoms with Gasteiger partial charge in [0.25, 0.3) is 0 Å². The van der Waals surface area contributed by atoms with Gasteiger partial charge in [0.15, 0.2) is 24.2 Å². The molecule has 0 radical (unpaired) electrons. The Balaban J connectivity index is 0.914. The van der Waals surface area contributed by atoms with Gasteiger partial charge >= 0.3 is 0 Å². The molecule has 0 aliphatic rings. The molecule has 0 saturated heterocycles. The van der Waals surface area contributed by atoms with Crippen molar-refractivity contribution in [2.75, 3.05) is 0 Å². The Morgan fingerprint density at radius 2 is 0.495 bits per heavy atom. The zero-order valence-corrected chi connectivity index (χ0v) is 58.5. The molecule has 0 spiro atoms. The predicted octanol–water partition coefficient (Wildman–Crippen LogP) is 14.1. The van der Waals surface area contributed by atoms with Gasteiger partial charge in [-0.3, -0.25) is 4.57 Å². The van der Waals surface area contributed by atoms with Crippen molar-refractivity contribution in [3.63, 3.8) is 0 Å². The smallest absolute Gasteiger partial charge is 0.235 e. The monoisotopic (exact) mass is 1340 g/mol. The zero-order valence-electron chi connectivity index (χ0n) is 55.5. The summed E-state index contributed by atoms with van der Waals surface area (Å²) in [5.74, 6) is 0.588. The van der Waals surface area contributed by atoms with Crippen molar-refractivity contribution in [1.29, 1.82) is 0 Å². The first-order chi connectivity index (χ1) is 50.1. The maximum Gasteiger partial charge on any atom is 0.235 e. The summed E-state index contributed by atoms with van der Waals surface area (Å²) in [5, 5.41) is 20.2. The molecule has 0 amide bonds. The summed E-state index contributed by atoms with van der Waals surface area (Å²) < 4.78 is 4.88. The molecule has 0 fully saturated rings. The summed E-state index contributed by atoms with van der Waals surface area (Å²) in [5.41, 5.74) is 9.05. The van der Waals surface area contributed by atoms with Gasteiger partial charge in [0, 0.05) is 38.4 Å². The van der Waals surface area contributed by atoms with Crippen LogP contribution in [0.2, 0.25) is 0 Å². The Hall–Kier alpha value is -12.4. The molecule has 18 rings (SSSR count). The third-order valence-electron chi connectivity index (χ3n) is 21.0. The van der Waals surface area contributed by atoms with Crippen LogP contribution in [0.5, 0.6) is 0 Å². The SMILES string of the molecule is c1ccc([Si](c2ccccc2)(c2ccccc2)c2cccc(-c3cc(-c4cccc([Si](c5ccccc5)(c5ccccc5)c5ccccc5)c4)nc(-n4c5ccccc5c5ccc6c(c7ccccc7n6-c6cccc([Si](c7ccccc7)(c7ccccc7)c7ccccc7)c6)c54)n3)c2)cc1. The lowest BCUT2D eigenvalue weighted by Gasteiger charge is -2.34. The summed E-state index contributed by atoms with van der Waals surface area (Å²) in [4.78, 5) is 12.0. The van der Waals surface area contributed by atoms with E-state index >= 15 is 0 Å². The van der Waals surface area contributed by atoms with E-state index in [2.05, 4.69) is 422 Å². The molecule has 7 heteroatoms. The molecule has 476 valence electrons. The summed E-state index contributed by atoms with van der Waals surface area (Å²) in [6.45, 7) is 0.